The van der Waals surface area contributed by atoms with E-state index < -0.39 is 12.1 Å². The number of ether oxygens (including phenoxy) is 3. The highest BCUT2D eigenvalue weighted by atomic mass is 79.9. The van der Waals surface area contributed by atoms with Crippen molar-refractivity contribution in [1.82, 2.24) is 0 Å². The van der Waals surface area contributed by atoms with Crippen LogP contribution in [0.1, 0.15) is 33.8 Å². The van der Waals surface area contributed by atoms with Crippen LogP contribution in [-0.4, -0.2) is 18.2 Å². The molecule has 0 aliphatic heterocycles. The van der Waals surface area contributed by atoms with E-state index in [1.165, 1.54) is 0 Å². The average Bonchev–Trinajstić information content (AvgIpc) is 3.27. The van der Waals surface area contributed by atoms with E-state index in [2.05, 4.69) is 21.2 Å². The maximum Gasteiger partial charge on any atom is 0.349 e. The molecule has 0 unspecified atom stereocenters. The lowest BCUT2D eigenvalue weighted by Crippen LogP contribution is -2.06. The standard InChI is InChI=1S/C27H24BrClN2O5S/c1-15(18-5-3-4-6-20(18)29)36-24-13-25(37-26(24)27(32)33)31-22-12-23(19(28)11-21(22)30)35-14-16-7-9-17(34-2)10-8-16/h3-13,15,31H,14,30H2,1-2H3,(H,32,33)/t15-/m1/s1. The summed E-state index contributed by atoms with van der Waals surface area (Å²) in [6.07, 6.45) is -0.454. The van der Waals surface area contributed by atoms with Crippen LogP contribution in [0.15, 0.2) is 71.2 Å². The number of rotatable bonds is 10. The molecule has 0 saturated heterocycles. The molecule has 1 aromatic heterocycles. The number of carboxylic acid groups (broad SMARTS) is 1. The summed E-state index contributed by atoms with van der Waals surface area (Å²) in [6.45, 7) is 2.16. The molecule has 0 aliphatic carbocycles. The van der Waals surface area contributed by atoms with Gasteiger partial charge in [-0.2, -0.15) is 0 Å². The lowest BCUT2D eigenvalue weighted by molar-refractivity contribution is 0.0696. The van der Waals surface area contributed by atoms with Crippen LogP contribution in [0.5, 0.6) is 17.2 Å². The number of carboxylic acids is 1. The Morgan fingerprint density at radius 2 is 1.86 bits per heavy atom. The van der Waals surface area contributed by atoms with Gasteiger partial charge in [0.05, 0.1) is 28.0 Å². The maximum absolute atomic E-state index is 11.9. The Bertz CT molecular complexity index is 1410. The molecule has 0 amide bonds. The summed E-state index contributed by atoms with van der Waals surface area (Å²) >= 11 is 10.8. The van der Waals surface area contributed by atoms with Gasteiger partial charge in [0.15, 0.2) is 4.88 Å². The van der Waals surface area contributed by atoms with Gasteiger partial charge in [-0.1, -0.05) is 41.9 Å². The smallest absolute Gasteiger partial charge is 0.349 e. The van der Waals surface area contributed by atoms with E-state index in [9.17, 15) is 9.90 Å². The highest BCUT2D eigenvalue weighted by molar-refractivity contribution is 9.10. The van der Waals surface area contributed by atoms with Crippen LogP contribution in [-0.2, 0) is 6.61 Å². The van der Waals surface area contributed by atoms with E-state index in [4.69, 9.17) is 31.5 Å². The number of nitrogens with two attached hydrogens (primary N) is 1. The monoisotopic (exact) mass is 602 g/mol. The minimum atomic E-state index is -1.09. The van der Waals surface area contributed by atoms with Crippen molar-refractivity contribution in [3.8, 4) is 17.2 Å². The predicted octanol–water partition coefficient (Wildman–Crippen LogP) is 7.92. The average molecular weight is 604 g/mol. The van der Waals surface area contributed by atoms with Crippen molar-refractivity contribution < 1.29 is 24.1 Å². The number of benzene rings is 3. The molecule has 4 N–H and O–H groups in total. The minimum Gasteiger partial charge on any atom is -0.497 e. The summed E-state index contributed by atoms with van der Waals surface area (Å²) < 4.78 is 17.9. The van der Waals surface area contributed by atoms with Crippen LogP contribution < -0.4 is 25.3 Å². The summed E-state index contributed by atoms with van der Waals surface area (Å²) in [5.41, 5.74) is 8.99. The topological polar surface area (TPSA) is 103 Å². The van der Waals surface area contributed by atoms with Crippen LogP contribution in [0.3, 0.4) is 0 Å². The molecule has 7 nitrogen and oxygen atoms in total. The van der Waals surface area contributed by atoms with Gasteiger partial charge in [0.25, 0.3) is 0 Å². The molecule has 192 valence electrons. The summed E-state index contributed by atoms with van der Waals surface area (Å²) in [5, 5.41) is 14.0. The molecule has 0 aliphatic rings. The number of methoxy groups -OCH3 is 1. The zero-order valence-electron chi connectivity index (χ0n) is 20.0. The van der Waals surface area contributed by atoms with Crippen LogP contribution in [0.2, 0.25) is 5.02 Å². The van der Waals surface area contributed by atoms with Crippen LogP contribution in [0.25, 0.3) is 0 Å². The first-order chi connectivity index (χ1) is 17.7. The molecule has 4 aromatic rings. The number of hydrogen-bond acceptors (Lipinski definition) is 7. The van der Waals surface area contributed by atoms with Gasteiger partial charge in [-0.3, -0.25) is 0 Å². The van der Waals surface area contributed by atoms with E-state index in [1.807, 2.05) is 49.4 Å². The minimum absolute atomic E-state index is 0.0630. The fourth-order valence-electron chi connectivity index (χ4n) is 3.53. The number of halogens is 2. The van der Waals surface area contributed by atoms with Crippen LogP contribution in [0, 0.1) is 0 Å². The largest absolute Gasteiger partial charge is 0.497 e. The molecular weight excluding hydrogens is 580 g/mol. The molecule has 1 atom stereocenters. The lowest BCUT2D eigenvalue weighted by Gasteiger charge is -2.16. The number of aromatic carboxylic acids is 1. The first kappa shape index (κ1) is 26.7. The Kier molecular flexibility index (Phi) is 8.48. The molecule has 0 saturated carbocycles. The second-order valence-electron chi connectivity index (χ2n) is 8.02. The number of carbonyl (C=O) groups is 1. The molecule has 3 aromatic carbocycles. The zero-order chi connectivity index (χ0) is 26.5. The van der Waals surface area contributed by atoms with E-state index in [1.54, 1.807) is 31.4 Å². The van der Waals surface area contributed by atoms with Gasteiger partial charge in [-0.25, -0.2) is 4.79 Å². The van der Waals surface area contributed by atoms with Gasteiger partial charge in [-0.05, 0) is 52.7 Å². The van der Waals surface area contributed by atoms with Gasteiger partial charge in [0, 0.05) is 22.7 Å². The Morgan fingerprint density at radius 1 is 1.14 bits per heavy atom. The summed E-state index contributed by atoms with van der Waals surface area (Å²) in [4.78, 5) is 12.0. The Morgan fingerprint density at radius 3 is 2.54 bits per heavy atom. The Hall–Kier alpha value is -3.40. The van der Waals surface area contributed by atoms with Gasteiger partial charge < -0.3 is 30.4 Å². The van der Waals surface area contributed by atoms with E-state index in [0.29, 0.717) is 38.2 Å². The van der Waals surface area contributed by atoms with Crippen molar-refractivity contribution in [3.63, 3.8) is 0 Å². The van der Waals surface area contributed by atoms with Crippen molar-refractivity contribution >= 4 is 61.2 Å². The number of thiophene rings is 1. The summed E-state index contributed by atoms with van der Waals surface area (Å²) in [7, 11) is 1.62. The second-order valence-corrected chi connectivity index (χ2v) is 10.3. The van der Waals surface area contributed by atoms with Crippen molar-refractivity contribution in [2.75, 3.05) is 18.2 Å². The molecule has 1 heterocycles. The zero-order valence-corrected chi connectivity index (χ0v) is 23.1. The van der Waals surface area contributed by atoms with Crippen molar-refractivity contribution in [3.05, 3.63) is 92.2 Å². The quantitative estimate of drug-likeness (QED) is 0.158. The third-order valence-electron chi connectivity index (χ3n) is 5.45. The fourth-order valence-corrected chi connectivity index (χ4v) is 5.14. The van der Waals surface area contributed by atoms with Crippen molar-refractivity contribution in [1.29, 1.82) is 0 Å². The normalized spacial score (nSPS) is 11.6. The molecule has 37 heavy (non-hydrogen) atoms. The highest BCUT2D eigenvalue weighted by Crippen LogP contribution is 2.41. The molecule has 0 bridgehead atoms. The molecule has 0 radical (unpaired) electrons. The van der Waals surface area contributed by atoms with Crippen molar-refractivity contribution in [2.24, 2.45) is 0 Å². The van der Waals surface area contributed by atoms with Gasteiger partial charge in [0.2, 0.25) is 0 Å². The van der Waals surface area contributed by atoms with Crippen molar-refractivity contribution in [2.45, 2.75) is 19.6 Å². The number of hydrogen-bond donors (Lipinski definition) is 3. The first-order valence-electron chi connectivity index (χ1n) is 11.1. The molecule has 0 fully saturated rings. The van der Waals surface area contributed by atoms with E-state index >= 15 is 0 Å². The van der Waals surface area contributed by atoms with E-state index in [0.717, 1.165) is 28.2 Å². The summed E-state index contributed by atoms with van der Waals surface area (Å²) in [6, 6.07) is 20.0. The molecular formula is C27H24BrClN2O5S. The number of anilines is 3. The van der Waals surface area contributed by atoms with E-state index in [-0.39, 0.29) is 10.6 Å². The van der Waals surface area contributed by atoms with Gasteiger partial charge in [0.1, 0.15) is 30.0 Å². The molecule has 4 rings (SSSR count). The SMILES string of the molecule is COc1ccc(COc2cc(Nc3cc(O[C@H](C)c4ccccc4Cl)c(C(=O)O)s3)c(N)cc2Br)cc1. The number of nitrogens with one attached hydrogen (secondary N) is 1. The summed E-state index contributed by atoms with van der Waals surface area (Å²) in [5.74, 6) is 0.488. The maximum atomic E-state index is 11.9. The number of nitrogen functional groups attached to an aromatic ring is 1. The highest BCUT2D eigenvalue weighted by Gasteiger charge is 2.21. The fraction of sp³-hybridized carbons (Fsp3) is 0.148. The first-order valence-corrected chi connectivity index (χ1v) is 13.1. The Balaban J connectivity index is 1.53. The van der Waals surface area contributed by atoms with Crippen LogP contribution >= 0.6 is 38.9 Å². The third kappa shape index (κ3) is 6.49. The van der Waals surface area contributed by atoms with Gasteiger partial charge in [-0.15, -0.1) is 11.3 Å². The molecule has 10 heteroatoms. The molecule has 0 spiro atoms. The lowest BCUT2D eigenvalue weighted by atomic mass is 10.1. The third-order valence-corrected chi connectivity index (χ3v) is 7.44. The van der Waals surface area contributed by atoms with Gasteiger partial charge >= 0.3 is 5.97 Å². The predicted molar refractivity (Wildman–Crippen MR) is 151 cm³/mol. The Labute approximate surface area is 231 Å². The second kappa shape index (κ2) is 11.8. The van der Waals surface area contributed by atoms with Crippen LogP contribution in [0.4, 0.5) is 16.4 Å².